The fourth-order valence-corrected chi connectivity index (χ4v) is 3.86. The highest BCUT2D eigenvalue weighted by Crippen LogP contribution is 2.37. The Kier molecular flexibility index (Phi) is 5.53. The van der Waals surface area contributed by atoms with Gasteiger partial charge in [-0.15, -0.1) is 0 Å². The van der Waals surface area contributed by atoms with Crippen molar-refractivity contribution in [3.05, 3.63) is 83.8 Å². The van der Waals surface area contributed by atoms with Crippen LogP contribution in [0.15, 0.2) is 78.0 Å². The molecule has 2 heterocycles. The Balaban J connectivity index is 1.91. The average molecular weight is 479 g/mol. The lowest BCUT2D eigenvalue weighted by Gasteiger charge is -2.11. The summed E-state index contributed by atoms with van der Waals surface area (Å²) in [5.74, 6) is 0. The standard InChI is InChI=1S/C21H14ClF3N4O2S/c22-18-6-1-14(13-7-9-27-10-8-13)11-17(18)19-12-20(21(23,24)25)28-29(19)15-2-4-16(5-3-15)32(26,30)31/h1-12H,(H2,26,30,31). The summed E-state index contributed by atoms with van der Waals surface area (Å²) in [4.78, 5) is 3.78. The predicted octanol–water partition coefficient (Wildman–Crippen LogP) is 4.92. The molecule has 2 aromatic heterocycles. The second kappa shape index (κ2) is 8.05. The summed E-state index contributed by atoms with van der Waals surface area (Å²) in [6.45, 7) is 0. The maximum absolute atomic E-state index is 13.5. The van der Waals surface area contributed by atoms with Gasteiger partial charge in [-0.05, 0) is 65.7 Å². The second-order valence-electron chi connectivity index (χ2n) is 6.79. The largest absolute Gasteiger partial charge is 0.435 e. The zero-order valence-corrected chi connectivity index (χ0v) is 17.7. The van der Waals surface area contributed by atoms with Crippen molar-refractivity contribution in [1.82, 2.24) is 14.8 Å². The van der Waals surface area contributed by atoms with Crippen LogP contribution in [-0.4, -0.2) is 23.2 Å². The SMILES string of the molecule is NS(=O)(=O)c1ccc(-n2nc(C(F)(F)F)cc2-c2cc(-c3ccncc3)ccc2Cl)cc1. The van der Waals surface area contributed by atoms with E-state index in [0.717, 1.165) is 21.9 Å². The van der Waals surface area contributed by atoms with Crippen molar-refractivity contribution in [1.29, 1.82) is 0 Å². The average Bonchev–Trinajstić information content (AvgIpc) is 3.20. The van der Waals surface area contributed by atoms with E-state index in [4.69, 9.17) is 16.7 Å². The van der Waals surface area contributed by atoms with Crippen molar-refractivity contribution in [2.24, 2.45) is 5.14 Å². The first-order valence-electron chi connectivity index (χ1n) is 9.05. The van der Waals surface area contributed by atoms with E-state index in [9.17, 15) is 21.6 Å². The highest BCUT2D eigenvalue weighted by molar-refractivity contribution is 7.89. The van der Waals surface area contributed by atoms with Crippen LogP contribution in [0.2, 0.25) is 5.02 Å². The van der Waals surface area contributed by atoms with Gasteiger partial charge in [0, 0.05) is 18.0 Å². The van der Waals surface area contributed by atoms with E-state index in [1.807, 2.05) is 0 Å². The number of pyridine rings is 1. The van der Waals surface area contributed by atoms with Gasteiger partial charge in [-0.25, -0.2) is 18.2 Å². The summed E-state index contributed by atoms with van der Waals surface area (Å²) < 4.78 is 64.5. The highest BCUT2D eigenvalue weighted by Gasteiger charge is 2.35. The van der Waals surface area contributed by atoms with Gasteiger partial charge in [0.2, 0.25) is 10.0 Å². The molecule has 0 fully saturated rings. The number of nitrogens with two attached hydrogens (primary N) is 1. The molecule has 11 heteroatoms. The fourth-order valence-electron chi connectivity index (χ4n) is 3.13. The first-order chi connectivity index (χ1) is 15.0. The molecule has 0 unspecified atom stereocenters. The molecule has 2 aromatic carbocycles. The molecule has 0 bridgehead atoms. The Bertz CT molecular complexity index is 1390. The Labute approximate surface area is 186 Å². The molecule has 4 aromatic rings. The van der Waals surface area contributed by atoms with Crippen LogP contribution in [-0.2, 0) is 16.2 Å². The third-order valence-corrected chi connectivity index (χ3v) is 5.92. The lowest BCUT2D eigenvalue weighted by atomic mass is 10.0. The number of alkyl halides is 3. The van der Waals surface area contributed by atoms with Crippen LogP contribution in [0.3, 0.4) is 0 Å². The smallest absolute Gasteiger partial charge is 0.265 e. The zero-order valence-electron chi connectivity index (χ0n) is 16.1. The van der Waals surface area contributed by atoms with Gasteiger partial charge >= 0.3 is 6.18 Å². The number of nitrogens with zero attached hydrogens (tertiary/aromatic N) is 3. The van der Waals surface area contributed by atoms with E-state index < -0.39 is 21.9 Å². The first kappa shape index (κ1) is 22.0. The molecule has 0 aliphatic heterocycles. The molecule has 0 atom stereocenters. The number of halogens is 4. The molecule has 32 heavy (non-hydrogen) atoms. The van der Waals surface area contributed by atoms with Crippen molar-refractivity contribution < 1.29 is 21.6 Å². The minimum atomic E-state index is -4.70. The molecule has 0 aliphatic carbocycles. The van der Waals surface area contributed by atoms with E-state index in [0.29, 0.717) is 5.56 Å². The topological polar surface area (TPSA) is 90.9 Å². The molecule has 0 aliphatic rings. The van der Waals surface area contributed by atoms with Crippen LogP contribution >= 0.6 is 11.6 Å². The monoisotopic (exact) mass is 478 g/mol. The van der Waals surface area contributed by atoms with E-state index >= 15 is 0 Å². The highest BCUT2D eigenvalue weighted by atomic mass is 35.5. The molecule has 6 nitrogen and oxygen atoms in total. The molecule has 4 rings (SSSR count). The van der Waals surface area contributed by atoms with Crippen LogP contribution in [0.1, 0.15) is 5.69 Å². The molecule has 0 amide bonds. The summed E-state index contributed by atoms with van der Waals surface area (Å²) in [6.07, 6.45) is -1.50. The van der Waals surface area contributed by atoms with Crippen LogP contribution in [0.4, 0.5) is 13.2 Å². The van der Waals surface area contributed by atoms with Gasteiger partial charge < -0.3 is 0 Å². The summed E-state index contributed by atoms with van der Waals surface area (Å²) in [6, 6.07) is 14.4. The van der Waals surface area contributed by atoms with Crippen LogP contribution in [0.5, 0.6) is 0 Å². The van der Waals surface area contributed by atoms with E-state index in [2.05, 4.69) is 10.1 Å². The quantitative estimate of drug-likeness (QED) is 0.450. The van der Waals surface area contributed by atoms with Crippen LogP contribution < -0.4 is 5.14 Å². The minimum Gasteiger partial charge on any atom is -0.265 e. The second-order valence-corrected chi connectivity index (χ2v) is 8.76. The normalized spacial score (nSPS) is 12.2. The summed E-state index contributed by atoms with van der Waals surface area (Å²) in [5.41, 5.74) is 1.01. The Morgan fingerprint density at radius 3 is 2.16 bits per heavy atom. The van der Waals surface area contributed by atoms with Crippen molar-refractivity contribution in [3.8, 4) is 28.1 Å². The molecule has 0 radical (unpaired) electrons. The maximum atomic E-state index is 13.5. The Morgan fingerprint density at radius 1 is 0.906 bits per heavy atom. The number of hydrogen-bond acceptors (Lipinski definition) is 4. The van der Waals surface area contributed by atoms with Gasteiger partial charge in [0.15, 0.2) is 5.69 Å². The molecule has 0 saturated carbocycles. The molecule has 0 spiro atoms. The fraction of sp³-hybridized carbons (Fsp3) is 0.0476. The van der Waals surface area contributed by atoms with E-state index in [1.165, 1.54) is 24.3 Å². The van der Waals surface area contributed by atoms with Gasteiger partial charge in [-0.1, -0.05) is 17.7 Å². The summed E-state index contributed by atoms with van der Waals surface area (Å²) in [7, 11) is -3.96. The lowest BCUT2D eigenvalue weighted by molar-refractivity contribution is -0.141. The number of rotatable bonds is 4. The van der Waals surface area contributed by atoms with Gasteiger partial charge in [0.25, 0.3) is 0 Å². The summed E-state index contributed by atoms with van der Waals surface area (Å²) in [5, 5.41) is 9.03. The summed E-state index contributed by atoms with van der Waals surface area (Å²) >= 11 is 6.36. The van der Waals surface area contributed by atoms with Crippen molar-refractivity contribution >= 4 is 21.6 Å². The van der Waals surface area contributed by atoms with E-state index in [-0.39, 0.29) is 21.3 Å². The third kappa shape index (κ3) is 4.38. The number of primary sulfonamides is 1. The number of aromatic nitrogens is 3. The number of sulfonamides is 1. The molecule has 2 N–H and O–H groups in total. The minimum absolute atomic E-state index is 0.0848. The molecule has 164 valence electrons. The lowest BCUT2D eigenvalue weighted by Crippen LogP contribution is -2.12. The number of benzene rings is 2. The third-order valence-electron chi connectivity index (χ3n) is 4.67. The van der Waals surface area contributed by atoms with Gasteiger partial charge in [-0.3, -0.25) is 4.98 Å². The first-order valence-corrected chi connectivity index (χ1v) is 11.0. The van der Waals surface area contributed by atoms with Gasteiger partial charge in [0.05, 0.1) is 21.3 Å². The number of hydrogen-bond donors (Lipinski definition) is 1. The van der Waals surface area contributed by atoms with Gasteiger partial charge in [0.1, 0.15) is 0 Å². The van der Waals surface area contributed by atoms with E-state index in [1.54, 1.807) is 42.7 Å². The van der Waals surface area contributed by atoms with Crippen LogP contribution in [0, 0.1) is 0 Å². The van der Waals surface area contributed by atoms with Crippen molar-refractivity contribution in [3.63, 3.8) is 0 Å². The Hall–Kier alpha value is -3.21. The Morgan fingerprint density at radius 2 is 1.56 bits per heavy atom. The van der Waals surface area contributed by atoms with Crippen LogP contribution in [0.25, 0.3) is 28.1 Å². The molecular formula is C21H14ClF3N4O2S. The maximum Gasteiger partial charge on any atom is 0.435 e. The zero-order chi connectivity index (χ0) is 23.1. The van der Waals surface area contributed by atoms with Crippen molar-refractivity contribution in [2.75, 3.05) is 0 Å². The molecular weight excluding hydrogens is 465 g/mol. The predicted molar refractivity (Wildman–Crippen MR) is 114 cm³/mol. The van der Waals surface area contributed by atoms with Gasteiger partial charge in [-0.2, -0.15) is 18.3 Å². The molecule has 0 saturated heterocycles. The van der Waals surface area contributed by atoms with Crippen molar-refractivity contribution in [2.45, 2.75) is 11.1 Å².